The van der Waals surface area contributed by atoms with Crippen LogP contribution in [0.15, 0.2) is 29.0 Å². The summed E-state index contributed by atoms with van der Waals surface area (Å²) in [6, 6.07) is 3.31. The van der Waals surface area contributed by atoms with Crippen molar-refractivity contribution in [1.29, 1.82) is 0 Å². The highest BCUT2D eigenvalue weighted by Crippen LogP contribution is 2.11. The molecule has 2 aromatic heterocycles. The second-order valence-electron chi connectivity index (χ2n) is 5.64. The molecule has 0 N–H and O–H groups in total. The first-order valence-corrected chi connectivity index (χ1v) is 8.13. The number of rotatable bonds is 6. The van der Waals surface area contributed by atoms with Gasteiger partial charge < -0.3 is 23.8 Å². The van der Waals surface area contributed by atoms with E-state index in [1.54, 1.807) is 36.4 Å². The lowest BCUT2D eigenvalue weighted by atomic mass is 10.3. The fourth-order valence-corrected chi connectivity index (χ4v) is 2.43. The van der Waals surface area contributed by atoms with Gasteiger partial charge in [-0.05, 0) is 18.1 Å². The lowest BCUT2D eigenvalue weighted by Gasteiger charge is -2.34. The van der Waals surface area contributed by atoms with Gasteiger partial charge in [0.25, 0.3) is 11.8 Å². The number of anilines is 1. The van der Waals surface area contributed by atoms with Crippen molar-refractivity contribution in [2.45, 2.75) is 6.92 Å². The van der Waals surface area contributed by atoms with E-state index in [2.05, 4.69) is 15.1 Å². The number of ether oxygens (including phenoxy) is 2. The van der Waals surface area contributed by atoms with Crippen molar-refractivity contribution in [2.75, 3.05) is 44.3 Å². The van der Waals surface area contributed by atoms with Gasteiger partial charge in [0.15, 0.2) is 13.2 Å². The Labute approximate surface area is 149 Å². The summed E-state index contributed by atoms with van der Waals surface area (Å²) in [5, 5.41) is 3.59. The third-order valence-electron chi connectivity index (χ3n) is 3.77. The Morgan fingerprint density at radius 2 is 1.88 bits per heavy atom. The second-order valence-corrected chi connectivity index (χ2v) is 5.64. The van der Waals surface area contributed by atoms with E-state index in [0.717, 1.165) is 0 Å². The molecule has 1 aliphatic rings. The lowest BCUT2D eigenvalue weighted by molar-refractivity contribution is -0.153. The summed E-state index contributed by atoms with van der Waals surface area (Å²) in [5.74, 6) is 0.527. The van der Waals surface area contributed by atoms with Crippen molar-refractivity contribution >= 4 is 17.8 Å². The van der Waals surface area contributed by atoms with Gasteiger partial charge in [-0.2, -0.15) is 0 Å². The molecule has 10 nitrogen and oxygen atoms in total. The molecule has 0 atom stereocenters. The minimum Gasteiger partial charge on any atom is -0.463 e. The number of nitrogens with zero attached hydrogens (tertiary/aromatic N) is 5. The molecule has 10 heteroatoms. The first kappa shape index (κ1) is 17.6. The van der Waals surface area contributed by atoms with Gasteiger partial charge >= 0.3 is 5.97 Å². The molecule has 0 bridgehead atoms. The third-order valence-corrected chi connectivity index (χ3v) is 3.77. The molecular formula is C16H19N5O5. The molecule has 1 amide bonds. The SMILES string of the molecule is Cc1cc(OCC(=O)OCC(=O)N2CCN(c3ncccn3)CC2)no1. The summed E-state index contributed by atoms with van der Waals surface area (Å²) < 4.78 is 14.9. The smallest absolute Gasteiger partial charge is 0.344 e. The van der Waals surface area contributed by atoms with Crippen molar-refractivity contribution in [2.24, 2.45) is 0 Å². The van der Waals surface area contributed by atoms with Crippen LogP contribution in [0.2, 0.25) is 0 Å². The van der Waals surface area contributed by atoms with Gasteiger partial charge in [-0.15, -0.1) is 0 Å². The second kappa shape index (κ2) is 8.28. The van der Waals surface area contributed by atoms with Gasteiger partial charge in [0, 0.05) is 44.6 Å². The minimum atomic E-state index is -0.643. The molecule has 1 fully saturated rings. The van der Waals surface area contributed by atoms with Crippen molar-refractivity contribution < 1.29 is 23.6 Å². The molecule has 3 rings (SSSR count). The molecule has 1 aliphatic heterocycles. The number of aryl methyl sites for hydroxylation is 1. The normalized spacial score (nSPS) is 14.2. The fourth-order valence-electron chi connectivity index (χ4n) is 2.43. The highest BCUT2D eigenvalue weighted by atomic mass is 16.6. The van der Waals surface area contributed by atoms with Crippen LogP contribution in [0.1, 0.15) is 5.76 Å². The number of aromatic nitrogens is 3. The van der Waals surface area contributed by atoms with Crippen LogP contribution in [-0.2, 0) is 14.3 Å². The van der Waals surface area contributed by atoms with Crippen LogP contribution in [0.25, 0.3) is 0 Å². The summed E-state index contributed by atoms with van der Waals surface area (Å²) in [6.45, 7) is 3.34. The molecule has 2 aromatic rings. The Bertz CT molecular complexity index is 742. The zero-order chi connectivity index (χ0) is 18.4. The van der Waals surface area contributed by atoms with E-state index in [1.165, 1.54) is 0 Å². The van der Waals surface area contributed by atoms with E-state index < -0.39 is 5.97 Å². The Morgan fingerprint density at radius 1 is 1.15 bits per heavy atom. The quantitative estimate of drug-likeness (QED) is 0.659. The Kier molecular flexibility index (Phi) is 5.62. The number of carbonyl (C=O) groups is 2. The summed E-state index contributed by atoms with van der Waals surface area (Å²) in [5.41, 5.74) is 0. The topological polar surface area (TPSA) is 111 Å². The molecule has 0 aromatic carbocycles. The fraction of sp³-hybridized carbons (Fsp3) is 0.438. The Hall–Kier alpha value is -3.17. The predicted octanol–water partition coefficient (Wildman–Crippen LogP) is 0.0438. The maximum Gasteiger partial charge on any atom is 0.344 e. The maximum atomic E-state index is 12.2. The minimum absolute atomic E-state index is 0.199. The van der Waals surface area contributed by atoms with E-state index in [0.29, 0.717) is 37.9 Å². The van der Waals surface area contributed by atoms with E-state index in [-0.39, 0.29) is 25.0 Å². The van der Waals surface area contributed by atoms with Crippen molar-refractivity contribution in [1.82, 2.24) is 20.0 Å². The van der Waals surface area contributed by atoms with Crippen LogP contribution < -0.4 is 9.64 Å². The monoisotopic (exact) mass is 361 g/mol. The predicted molar refractivity (Wildman–Crippen MR) is 88.5 cm³/mol. The molecule has 1 saturated heterocycles. The van der Waals surface area contributed by atoms with E-state index in [9.17, 15) is 9.59 Å². The number of amides is 1. The van der Waals surface area contributed by atoms with Crippen LogP contribution >= 0.6 is 0 Å². The standard InChI is InChI=1S/C16H19N5O5/c1-12-9-13(19-26-12)24-11-15(23)25-10-14(22)20-5-7-21(8-6-20)16-17-3-2-4-18-16/h2-4,9H,5-8,10-11H2,1H3. The van der Waals surface area contributed by atoms with E-state index in [1.807, 2.05) is 4.90 Å². The maximum absolute atomic E-state index is 12.2. The summed E-state index contributed by atoms with van der Waals surface area (Å²) in [7, 11) is 0. The average molecular weight is 361 g/mol. The summed E-state index contributed by atoms with van der Waals surface area (Å²) >= 11 is 0. The number of piperazine rings is 1. The third kappa shape index (κ3) is 4.68. The molecule has 0 saturated carbocycles. The molecular weight excluding hydrogens is 342 g/mol. The van der Waals surface area contributed by atoms with Gasteiger partial charge in [-0.25, -0.2) is 14.8 Å². The molecule has 138 valence electrons. The van der Waals surface area contributed by atoms with Gasteiger partial charge in [0.2, 0.25) is 5.95 Å². The number of esters is 1. The van der Waals surface area contributed by atoms with E-state index in [4.69, 9.17) is 14.0 Å². The van der Waals surface area contributed by atoms with Crippen LogP contribution in [-0.4, -0.2) is 71.3 Å². The first-order chi connectivity index (χ1) is 12.6. The summed E-state index contributed by atoms with van der Waals surface area (Å²) in [4.78, 5) is 35.8. The number of hydrogen-bond donors (Lipinski definition) is 0. The van der Waals surface area contributed by atoms with Crippen molar-refractivity contribution in [3.8, 4) is 5.88 Å². The lowest BCUT2D eigenvalue weighted by Crippen LogP contribution is -2.50. The van der Waals surface area contributed by atoms with Crippen LogP contribution in [0, 0.1) is 6.92 Å². The van der Waals surface area contributed by atoms with Crippen LogP contribution in [0.5, 0.6) is 5.88 Å². The first-order valence-electron chi connectivity index (χ1n) is 8.13. The van der Waals surface area contributed by atoms with Gasteiger partial charge in [0.1, 0.15) is 5.76 Å². The van der Waals surface area contributed by atoms with Gasteiger partial charge in [0.05, 0.1) is 0 Å². The summed E-state index contributed by atoms with van der Waals surface area (Å²) in [6.07, 6.45) is 3.36. The molecule has 0 radical (unpaired) electrons. The Balaban J connectivity index is 1.37. The molecule has 0 spiro atoms. The van der Waals surface area contributed by atoms with Crippen molar-refractivity contribution in [3.63, 3.8) is 0 Å². The zero-order valence-corrected chi connectivity index (χ0v) is 14.3. The number of carbonyl (C=O) groups excluding carboxylic acids is 2. The van der Waals surface area contributed by atoms with Gasteiger partial charge in [-0.1, -0.05) is 0 Å². The van der Waals surface area contributed by atoms with Crippen LogP contribution in [0.4, 0.5) is 5.95 Å². The van der Waals surface area contributed by atoms with Crippen LogP contribution in [0.3, 0.4) is 0 Å². The zero-order valence-electron chi connectivity index (χ0n) is 14.3. The Morgan fingerprint density at radius 3 is 2.54 bits per heavy atom. The number of hydrogen-bond acceptors (Lipinski definition) is 9. The molecule has 0 unspecified atom stereocenters. The van der Waals surface area contributed by atoms with Crippen molar-refractivity contribution in [3.05, 3.63) is 30.3 Å². The van der Waals surface area contributed by atoms with E-state index >= 15 is 0 Å². The molecule has 26 heavy (non-hydrogen) atoms. The largest absolute Gasteiger partial charge is 0.463 e. The molecule has 3 heterocycles. The molecule has 0 aliphatic carbocycles. The highest BCUT2D eigenvalue weighted by Gasteiger charge is 2.23. The highest BCUT2D eigenvalue weighted by molar-refractivity contribution is 5.81. The average Bonchev–Trinajstić information content (AvgIpc) is 3.10. The van der Waals surface area contributed by atoms with Gasteiger partial charge in [-0.3, -0.25) is 4.79 Å².